The Labute approximate surface area is 207 Å². The number of phenols is 1. The summed E-state index contributed by atoms with van der Waals surface area (Å²) in [6.07, 6.45) is -4.20. The van der Waals surface area contributed by atoms with Gasteiger partial charge in [-0.05, 0) is 50.1 Å². The van der Waals surface area contributed by atoms with Crippen molar-refractivity contribution in [2.45, 2.75) is 44.1 Å². The number of allylic oxidation sites excluding steroid dienone is 1. The van der Waals surface area contributed by atoms with Gasteiger partial charge in [0.2, 0.25) is 0 Å². The molecule has 5 atom stereocenters. The number of aliphatic hydroxyl groups excluding tert-OH is 2. The molecule has 10 nitrogen and oxygen atoms in total. The Balaban J connectivity index is 1.67. The minimum absolute atomic E-state index is 0.0681. The van der Waals surface area contributed by atoms with Crippen LogP contribution in [0.3, 0.4) is 0 Å². The molecule has 37 heavy (non-hydrogen) atoms. The first-order chi connectivity index (χ1) is 17.3. The highest BCUT2D eigenvalue weighted by Gasteiger charge is 2.55. The summed E-state index contributed by atoms with van der Waals surface area (Å²) in [7, 11) is 0. The van der Waals surface area contributed by atoms with Gasteiger partial charge in [0.25, 0.3) is 5.91 Å². The molecule has 1 saturated carbocycles. The first kappa shape index (κ1) is 25.1. The maximum atomic E-state index is 13.5. The number of nitrogens with one attached hydrogen (secondary N) is 1. The van der Waals surface area contributed by atoms with Gasteiger partial charge in [-0.1, -0.05) is 0 Å². The molecule has 4 unspecified atom stereocenters. The molecular formula is C24H24F3N3O7. The Morgan fingerprint density at radius 2 is 1.86 bits per heavy atom. The minimum atomic E-state index is -5.08. The third kappa shape index (κ3) is 3.84. The van der Waals surface area contributed by atoms with Crippen LogP contribution in [0.15, 0.2) is 23.0 Å². The summed E-state index contributed by atoms with van der Waals surface area (Å²) in [4.78, 5) is 38.2. The number of halogens is 3. The van der Waals surface area contributed by atoms with Crippen LogP contribution < -0.4 is 21.5 Å². The van der Waals surface area contributed by atoms with Crippen LogP contribution in [0.1, 0.15) is 42.0 Å². The molecule has 0 bridgehead atoms. The Morgan fingerprint density at radius 1 is 1.16 bits per heavy atom. The van der Waals surface area contributed by atoms with E-state index in [0.29, 0.717) is 19.4 Å². The summed E-state index contributed by atoms with van der Waals surface area (Å²) >= 11 is 0. The highest BCUT2D eigenvalue weighted by molar-refractivity contribution is 6.28. The van der Waals surface area contributed by atoms with E-state index in [0.717, 1.165) is 6.07 Å². The van der Waals surface area contributed by atoms with Gasteiger partial charge in [0.15, 0.2) is 11.6 Å². The number of aliphatic hydroxyl groups is 2. The Kier molecular flexibility index (Phi) is 5.75. The van der Waals surface area contributed by atoms with Gasteiger partial charge in [0.05, 0.1) is 17.5 Å². The Bertz CT molecular complexity index is 1300. The monoisotopic (exact) mass is 523 g/mol. The number of benzene rings is 1. The van der Waals surface area contributed by atoms with Gasteiger partial charge in [-0.2, -0.15) is 0 Å². The van der Waals surface area contributed by atoms with Crippen molar-refractivity contribution in [1.82, 2.24) is 5.32 Å². The number of ketones is 2. The van der Waals surface area contributed by atoms with Gasteiger partial charge < -0.3 is 36.8 Å². The van der Waals surface area contributed by atoms with E-state index in [1.165, 1.54) is 0 Å². The molecule has 8 N–H and O–H groups in total. The van der Waals surface area contributed by atoms with Crippen LogP contribution in [-0.4, -0.2) is 51.7 Å². The molecular weight excluding hydrogens is 499 g/mol. The molecule has 1 aromatic carbocycles. The molecule has 5 rings (SSSR count). The second-order valence-corrected chi connectivity index (χ2v) is 9.78. The quantitative estimate of drug-likeness (QED) is 0.253. The molecule has 3 aliphatic carbocycles. The number of primary amides is 1. The zero-order chi connectivity index (χ0) is 27.0. The third-order valence-electron chi connectivity index (χ3n) is 7.73. The number of hydrogen-bond donors (Lipinski definition) is 6. The van der Waals surface area contributed by atoms with E-state index in [9.17, 15) is 42.9 Å². The molecule has 2 fully saturated rings. The lowest BCUT2D eigenvalue weighted by Gasteiger charge is -2.43. The van der Waals surface area contributed by atoms with Crippen LogP contribution in [0.2, 0.25) is 0 Å². The van der Waals surface area contributed by atoms with Crippen molar-refractivity contribution in [2.75, 3.05) is 6.54 Å². The van der Waals surface area contributed by atoms with Crippen molar-refractivity contribution in [3.8, 4) is 11.5 Å². The van der Waals surface area contributed by atoms with Crippen LogP contribution >= 0.6 is 0 Å². The number of amides is 1. The second kappa shape index (κ2) is 8.48. The first-order valence-electron chi connectivity index (χ1n) is 11.7. The average Bonchev–Trinajstić information content (AvgIpc) is 3.32. The molecule has 4 aliphatic rings. The van der Waals surface area contributed by atoms with E-state index < -0.39 is 82.3 Å². The number of ether oxygens (including phenoxy) is 1. The standard InChI is InChI=1S/C24H24F3N3O7/c25-24(26,27)37-22-8(11-2-1-3-30-11)6-12(31)14-10(22)5-7-4-9-15(19(33)13(7)18(14)32)20(34)16(23(29)36)21(35)17(9)28/h6-7,9,11,15,17,30-32,35H,1-5,28H2,(H2,29,36)/t7?,9?,11?,15?,17-/m0/s1. The van der Waals surface area contributed by atoms with Crippen molar-refractivity contribution in [2.24, 2.45) is 29.2 Å². The fraction of sp³-hybridized carbons (Fsp3) is 0.458. The van der Waals surface area contributed by atoms with Crippen molar-refractivity contribution in [3.63, 3.8) is 0 Å². The van der Waals surface area contributed by atoms with Crippen molar-refractivity contribution in [1.29, 1.82) is 0 Å². The average molecular weight is 523 g/mol. The lowest BCUT2D eigenvalue weighted by Crippen LogP contribution is -2.54. The summed E-state index contributed by atoms with van der Waals surface area (Å²) in [6, 6.07) is -0.770. The van der Waals surface area contributed by atoms with Gasteiger partial charge >= 0.3 is 6.36 Å². The number of carbonyl (C=O) groups is 3. The number of phenolic OH excluding ortho intramolecular Hbond substituents is 1. The summed E-state index contributed by atoms with van der Waals surface area (Å²) in [5, 5.41) is 35.3. The fourth-order valence-corrected chi connectivity index (χ4v) is 6.22. The van der Waals surface area contributed by atoms with E-state index >= 15 is 0 Å². The summed E-state index contributed by atoms with van der Waals surface area (Å²) in [6.45, 7) is 0.555. The van der Waals surface area contributed by atoms with Gasteiger partial charge in [-0.25, -0.2) is 0 Å². The maximum absolute atomic E-state index is 13.5. The smallest absolute Gasteiger partial charge is 0.510 e. The second-order valence-electron chi connectivity index (χ2n) is 9.78. The van der Waals surface area contributed by atoms with Gasteiger partial charge in [0.1, 0.15) is 28.6 Å². The van der Waals surface area contributed by atoms with Crippen molar-refractivity contribution in [3.05, 3.63) is 39.7 Å². The molecule has 0 radical (unpaired) electrons. The highest BCUT2D eigenvalue weighted by Crippen LogP contribution is 2.53. The lowest BCUT2D eigenvalue weighted by atomic mass is 9.59. The van der Waals surface area contributed by atoms with Crippen LogP contribution in [-0.2, 0) is 20.8 Å². The molecule has 1 saturated heterocycles. The molecule has 1 heterocycles. The molecule has 0 spiro atoms. The Hall–Kier alpha value is -3.58. The molecule has 198 valence electrons. The number of nitrogens with two attached hydrogens (primary N) is 2. The number of alkyl halides is 3. The fourth-order valence-electron chi connectivity index (χ4n) is 6.22. The number of hydrogen-bond acceptors (Lipinski definition) is 9. The maximum Gasteiger partial charge on any atom is 0.573 e. The lowest BCUT2D eigenvalue weighted by molar-refractivity contribution is -0.275. The number of Topliss-reactive ketones (excluding diaryl/α,β-unsaturated/α-hetero) is 2. The van der Waals surface area contributed by atoms with Gasteiger partial charge in [-0.3, -0.25) is 14.4 Å². The molecule has 1 amide bonds. The van der Waals surface area contributed by atoms with Gasteiger partial charge in [-0.15, -0.1) is 13.2 Å². The largest absolute Gasteiger partial charge is 0.573 e. The van der Waals surface area contributed by atoms with Crippen LogP contribution in [0, 0.1) is 17.8 Å². The van der Waals surface area contributed by atoms with E-state index in [1.54, 1.807) is 0 Å². The van der Waals surface area contributed by atoms with E-state index in [2.05, 4.69) is 10.1 Å². The summed E-state index contributed by atoms with van der Waals surface area (Å²) in [5.41, 5.74) is 9.75. The number of rotatable bonds is 3. The summed E-state index contributed by atoms with van der Waals surface area (Å²) < 4.78 is 44.8. The number of carbonyl (C=O) groups excluding carboxylic acids is 3. The third-order valence-corrected chi connectivity index (χ3v) is 7.73. The van der Waals surface area contributed by atoms with Crippen LogP contribution in [0.4, 0.5) is 13.2 Å². The predicted molar refractivity (Wildman–Crippen MR) is 120 cm³/mol. The zero-order valence-corrected chi connectivity index (χ0v) is 19.3. The highest BCUT2D eigenvalue weighted by atomic mass is 19.4. The van der Waals surface area contributed by atoms with Gasteiger partial charge in [0, 0.05) is 22.7 Å². The predicted octanol–water partition coefficient (Wildman–Crippen LogP) is 1.57. The van der Waals surface area contributed by atoms with Crippen LogP contribution in [0.5, 0.6) is 11.5 Å². The van der Waals surface area contributed by atoms with Crippen molar-refractivity contribution >= 4 is 23.2 Å². The van der Waals surface area contributed by atoms with Crippen molar-refractivity contribution < 1.29 is 47.6 Å². The molecule has 0 aromatic heterocycles. The SMILES string of the molecule is NC(=O)C1=C(O)[C@@H](N)C2CC3Cc4c(OC(F)(F)F)c(C5CCCN5)cc(O)c4C(O)=C3C(=O)C2C1=O. The number of aromatic hydroxyl groups is 1. The van der Waals surface area contributed by atoms with Crippen LogP contribution in [0.25, 0.3) is 5.76 Å². The minimum Gasteiger partial charge on any atom is -0.510 e. The summed E-state index contributed by atoms with van der Waals surface area (Å²) in [5.74, 6) is -9.27. The molecule has 1 aromatic rings. The first-order valence-corrected chi connectivity index (χ1v) is 11.7. The topological polar surface area (TPSA) is 185 Å². The van der Waals surface area contributed by atoms with E-state index in [-0.39, 0.29) is 35.1 Å². The molecule has 1 aliphatic heterocycles. The normalized spacial score (nSPS) is 29.7. The van der Waals surface area contributed by atoms with E-state index in [4.69, 9.17) is 11.5 Å². The zero-order valence-electron chi connectivity index (χ0n) is 19.3. The Morgan fingerprint density at radius 3 is 2.46 bits per heavy atom. The number of fused-ring (bicyclic) bond motifs is 3. The molecule has 13 heteroatoms. The van der Waals surface area contributed by atoms with E-state index in [1.807, 2.05) is 0 Å².